The first-order valence-electron chi connectivity index (χ1n) is 35.0. The molecule has 17 rings (SSSR count). The van der Waals surface area contributed by atoms with Crippen molar-refractivity contribution in [3.8, 4) is 28.6 Å². The Balaban J connectivity index is 0.000000122. The molecule has 1 amide bonds. The van der Waals surface area contributed by atoms with E-state index in [0.29, 0.717) is 42.9 Å². The van der Waals surface area contributed by atoms with Gasteiger partial charge in [0.1, 0.15) is 45.4 Å². The summed E-state index contributed by atoms with van der Waals surface area (Å²) < 4.78 is 41.5. The molecule has 7 aliphatic rings. The molecular formula is C72H82N20O8. The van der Waals surface area contributed by atoms with Gasteiger partial charge in [-0.05, 0) is 125 Å². The van der Waals surface area contributed by atoms with E-state index in [9.17, 15) is 4.79 Å². The highest BCUT2D eigenvalue weighted by Gasteiger charge is 2.31. The van der Waals surface area contributed by atoms with Gasteiger partial charge in [-0.2, -0.15) is 5.21 Å². The van der Waals surface area contributed by atoms with Crippen LogP contribution in [0.25, 0.3) is 44.5 Å². The minimum Gasteiger partial charge on any atom is -0.488 e. The monoisotopic (exact) mass is 1350 g/mol. The van der Waals surface area contributed by atoms with Gasteiger partial charge in [-0.3, -0.25) is 19.7 Å². The summed E-state index contributed by atoms with van der Waals surface area (Å²) >= 11 is 0. The summed E-state index contributed by atoms with van der Waals surface area (Å²) in [5, 5.41) is 24.0. The van der Waals surface area contributed by atoms with Crippen molar-refractivity contribution in [3.05, 3.63) is 134 Å². The lowest BCUT2D eigenvalue weighted by atomic mass is 9.86. The number of benzene rings is 3. The van der Waals surface area contributed by atoms with Crippen molar-refractivity contribution in [2.24, 2.45) is 5.92 Å². The fourth-order valence-electron chi connectivity index (χ4n) is 14.0. The number of carbonyl (C=O) groups excluding carboxylic acids is 1. The quantitative estimate of drug-likeness (QED) is 0.0700. The fraction of sp³-hybridized carbons (Fsp3) is 0.444. The minimum absolute atomic E-state index is 0.0203. The molecule has 0 radical (unpaired) electrons. The Bertz CT molecular complexity index is 4320. The highest BCUT2D eigenvalue weighted by atomic mass is 16.5. The molecule has 10 aromatic rings. The summed E-state index contributed by atoms with van der Waals surface area (Å²) in [6.45, 7) is 10.8. The number of morpholine rings is 3. The molecule has 4 aliphatic heterocycles. The summed E-state index contributed by atoms with van der Waals surface area (Å²) in [6, 6.07) is 22.7. The third kappa shape index (κ3) is 16.4. The van der Waals surface area contributed by atoms with E-state index in [4.69, 9.17) is 33.2 Å². The summed E-state index contributed by atoms with van der Waals surface area (Å²) in [7, 11) is 0. The molecule has 28 nitrogen and oxygen atoms in total. The van der Waals surface area contributed by atoms with Crippen molar-refractivity contribution in [1.82, 2.24) is 70.5 Å². The van der Waals surface area contributed by atoms with Crippen LogP contribution in [0.3, 0.4) is 0 Å². The molecule has 0 bridgehead atoms. The Kier molecular flexibility index (Phi) is 20.9. The van der Waals surface area contributed by atoms with Crippen molar-refractivity contribution in [3.63, 3.8) is 0 Å². The number of fused-ring (bicyclic) bond motifs is 4. The van der Waals surface area contributed by atoms with E-state index in [1.54, 1.807) is 55.6 Å². The van der Waals surface area contributed by atoms with Gasteiger partial charge in [0.15, 0.2) is 0 Å². The number of pyridine rings is 2. The van der Waals surface area contributed by atoms with Crippen LogP contribution in [0.2, 0.25) is 0 Å². The number of ether oxygens (including phenoxy) is 7. The zero-order valence-corrected chi connectivity index (χ0v) is 55.8. The molecule has 3 aliphatic carbocycles. The van der Waals surface area contributed by atoms with Crippen LogP contribution in [-0.2, 0) is 37.0 Å². The van der Waals surface area contributed by atoms with E-state index >= 15 is 0 Å². The summed E-state index contributed by atoms with van der Waals surface area (Å²) in [6.07, 6.45) is 27.1. The molecule has 3 saturated carbocycles. The molecule has 11 heterocycles. The van der Waals surface area contributed by atoms with Gasteiger partial charge >= 0.3 is 0 Å². The van der Waals surface area contributed by atoms with Crippen molar-refractivity contribution in [2.45, 2.75) is 121 Å². The van der Waals surface area contributed by atoms with Gasteiger partial charge in [0.2, 0.25) is 17.7 Å². The third-order valence-electron chi connectivity index (χ3n) is 19.4. The Morgan fingerprint density at radius 2 is 0.970 bits per heavy atom. The molecule has 7 aromatic heterocycles. The lowest BCUT2D eigenvalue weighted by Gasteiger charge is -2.31. The average Bonchev–Trinajstić information content (AvgIpc) is 0.848. The highest BCUT2D eigenvalue weighted by Crippen LogP contribution is 2.38. The summed E-state index contributed by atoms with van der Waals surface area (Å²) in [4.78, 5) is 64.5. The second-order valence-electron chi connectivity index (χ2n) is 26.0. The molecule has 28 heteroatoms. The predicted molar refractivity (Wildman–Crippen MR) is 375 cm³/mol. The standard InChI is InChI=1S/C24H27N9O2.C24H28N6O3.C24H27N5O3/c1-6-22(27-15-16(1)24-29-31-32-30-24)28-17-2-4-19(5-3-17)35-21-14-18(33-9-11-34-12-10-33)13-20-23(21)26-8-7-25-20;1-3-19(4-2-17(1)28-24-27-13-16-14-32-15-21(16)29-24)33-22-12-18(30-7-9-31-10-8-30)11-20-23(22)26-6-5-25-20;30-24(28-22-3-1-2-8-26-22)17-4-6-19(7-5-17)32-21-16-18(29-11-13-31-14-12-29)15-20-23(21)27-10-9-25-20/h1,6-8,13-15,17,19H,2-5,9-12H2,(H,27,28)(H,29,30,31,32);5-6,11-13,17,19H,1-4,7-10,14-15H2,(H,27,28,29);1-3,8-10,15-17,19H,4-7,11-14H2,(H,26,28,30). The maximum absolute atomic E-state index is 12.6. The number of amides is 1. The van der Waals surface area contributed by atoms with Crippen molar-refractivity contribution >= 4 is 73.7 Å². The SMILES string of the molecule is O=C(Nc1ccccn1)C1CCC(Oc2cc(N3CCOCC3)cc3nccnc23)CC1.c1cnc2c(OC3CCC(Nc4ccc(-c5nn[nH]n5)cn4)CC3)cc(N3CCOCC3)cc2n1.c1cnc2c(OC3CCC(Nc4ncc5c(n4)COC5)CC3)cc(N3CCOCC3)cc2n1. The number of hydrogen-bond acceptors (Lipinski definition) is 26. The lowest BCUT2D eigenvalue weighted by Crippen LogP contribution is -2.36. The van der Waals surface area contributed by atoms with Crippen LogP contribution < -0.4 is 44.9 Å². The zero-order valence-electron chi connectivity index (χ0n) is 55.8. The van der Waals surface area contributed by atoms with E-state index in [1.165, 1.54) is 0 Å². The molecule has 0 spiro atoms. The number of tetrazole rings is 1. The Morgan fingerprint density at radius 3 is 1.44 bits per heavy atom. The van der Waals surface area contributed by atoms with E-state index in [2.05, 4.69) is 138 Å². The van der Waals surface area contributed by atoms with Gasteiger partial charge in [-0.15, -0.1) is 10.2 Å². The topological polar surface area (TPSA) is 311 Å². The Morgan fingerprint density at radius 1 is 0.470 bits per heavy atom. The summed E-state index contributed by atoms with van der Waals surface area (Å²) in [5.41, 5.74) is 11.2. The van der Waals surface area contributed by atoms with E-state index in [0.717, 1.165) is 246 Å². The predicted octanol–water partition coefficient (Wildman–Crippen LogP) is 9.37. The molecule has 4 N–H and O–H groups in total. The van der Waals surface area contributed by atoms with Crippen molar-refractivity contribution in [2.75, 3.05) is 110 Å². The number of hydrogen-bond donors (Lipinski definition) is 4. The normalized spacial score (nSPS) is 21.6. The number of H-pyrrole nitrogens is 1. The Hall–Kier alpha value is -10.2. The largest absolute Gasteiger partial charge is 0.488 e. The van der Waals surface area contributed by atoms with Gasteiger partial charge in [-0.25, -0.2) is 34.9 Å². The molecular weight excluding hydrogens is 1270 g/mol. The van der Waals surface area contributed by atoms with Crippen LogP contribution in [0.15, 0.2) is 123 Å². The molecule has 0 unspecified atom stereocenters. The maximum Gasteiger partial charge on any atom is 0.228 e. The third-order valence-corrected chi connectivity index (χ3v) is 19.4. The van der Waals surface area contributed by atoms with E-state index in [1.807, 2.05) is 30.5 Å². The number of aromatic amines is 1. The van der Waals surface area contributed by atoms with Crippen molar-refractivity contribution < 1.29 is 38.0 Å². The first kappa shape index (κ1) is 65.8. The number of aromatic nitrogens is 14. The first-order chi connectivity index (χ1) is 49.4. The lowest BCUT2D eigenvalue weighted by molar-refractivity contribution is -0.121. The van der Waals surface area contributed by atoms with Crippen LogP contribution in [0.1, 0.15) is 88.3 Å². The smallest absolute Gasteiger partial charge is 0.228 e. The van der Waals surface area contributed by atoms with E-state index < -0.39 is 0 Å². The van der Waals surface area contributed by atoms with Gasteiger partial charge in [0.25, 0.3) is 0 Å². The average molecular weight is 1360 g/mol. The molecule has 6 fully saturated rings. The minimum atomic E-state index is -0.0203. The Labute approximate surface area is 578 Å². The maximum atomic E-state index is 12.6. The molecule has 100 heavy (non-hydrogen) atoms. The summed E-state index contributed by atoms with van der Waals surface area (Å²) in [5.74, 6) is 5.09. The number of anilines is 6. The van der Waals surface area contributed by atoms with E-state index in [-0.39, 0.29) is 30.1 Å². The number of nitrogens with one attached hydrogen (secondary N) is 4. The van der Waals surface area contributed by atoms with Crippen molar-refractivity contribution in [1.29, 1.82) is 0 Å². The number of carbonyl (C=O) groups is 1. The molecule has 0 atom stereocenters. The van der Waals surface area contributed by atoms with Gasteiger partial charge in [0, 0.05) is 159 Å². The second kappa shape index (κ2) is 31.8. The zero-order chi connectivity index (χ0) is 67.2. The van der Waals surface area contributed by atoms with Gasteiger partial charge in [-0.1, -0.05) is 6.07 Å². The van der Waals surface area contributed by atoms with Crippen LogP contribution in [0.5, 0.6) is 17.2 Å². The second-order valence-corrected chi connectivity index (χ2v) is 26.0. The van der Waals surface area contributed by atoms with Crippen LogP contribution in [0.4, 0.5) is 34.6 Å². The first-order valence-corrected chi connectivity index (χ1v) is 35.0. The fourth-order valence-corrected chi connectivity index (χ4v) is 14.0. The van der Waals surface area contributed by atoms with Crippen LogP contribution in [-0.4, -0.2) is 186 Å². The molecule has 3 saturated heterocycles. The number of rotatable bonds is 16. The highest BCUT2D eigenvalue weighted by molar-refractivity contribution is 5.92. The van der Waals surface area contributed by atoms with Crippen LogP contribution in [0, 0.1) is 5.92 Å². The van der Waals surface area contributed by atoms with Gasteiger partial charge in [0.05, 0.1) is 93.4 Å². The van der Waals surface area contributed by atoms with Gasteiger partial charge < -0.3 is 63.8 Å². The molecule has 518 valence electrons. The van der Waals surface area contributed by atoms with Crippen LogP contribution >= 0.6 is 0 Å². The molecule has 3 aromatic carbocycles. The number of nitrogens with zero attached hydrogens (tertiary/aromatic N) is 16.